The molecule has 1 fully saturated rings. The molecular formula is C14H26N4O. The number of rotatable bonds is 6. The van der Waals surface area contributed by atoms with Crippen LogP contribution >= 0.6 is 0 Å². The van der Waals surface area contributed by atoms with Gasteiger partial charge in [0.2, 0.25) is 0 Å². The van der Waals surface area contributed by atoms with Gasteiger partial charge in [0, 0.05) is 20.4 Å². The van der Waals surface area contributed by atoms with Crippen molar-refractivity contribution in [2.45, 2.75) is 50.7 Å². The summed E-state index contributed by atoms with van der Waals surface area (Å²) < 4.78 is 7.58. The van der Waals surface area contributed by atoms with Gasteiger partial charge >= 0.3 is 0 Å². The molecule has 0 aromatic carbocycles. The highest BCUT2D eigenvalue weighted by molar-refractivity contribution is 5.07. The molecular weight excluding hydrogens is 240 g/mol. The second-order valence-electron chi connectivity index (χ2n) is 5.60. The summed E-state index contributed by atoms with van der Waals surface area (Å²) in [5.74, 6) is 6.38. The lowest BCUT2D eigenvalue weighted by Crippen LogP contribution is -2.49. The summed E-state index contributed by atoms with van der Waals surface area (Å²) in [6.07, 6.45) is 11.5. The Morgan fingerprint density at radius 2 is 2.21 bits per heavy atom. The maximum atomic E-state index is 5.75. The van der Waals surface area contributed by atoms with Crippen LogP contribution in [0.5, 0.6) is 0 Å². The number of nitrogens with one attached hydrogen (secondary N) is 1. The Hall–Kier alpha value is -0.910. The summed E-state index contributed by atoms with van der Waals surface area (Å²) in [4.78, 5) is 0. The number of ether oxygens (including phenoxy) is 1. The molecule has 0 bridgehead atoms. The Bertz CT molecular complexity index is 373. The van der Waals surface area contributed by atoms with E-state index in [1.165, 1.54) is 37.7 Å². The number of hydrazine groups is 1. The summed E-state index contributed by atoms with van der Waals surface area (Å²) in [7, 11) is 3.73. The van der Waals surface area contributed by atoms with E-state index in [2.05, 4.69) is 10.5 Å². The predicted molar refractivity (Wildman–Crippen MR) is 75.4 cm³/mol. The Kier molecular flexibility index (Phi) is 5.36. The fourth-order valence-electron chi connectivity index (χ4n) is 3.25. The Labute approximate surface area is 115 Å². The zero-order valence-corrected chi connectivity index (χ0v) is 12.0. The van der Waals surface area contributed by atoms with Gasteiger partial charge in [-0.25, -0.2) is 0 Å². The Balaban J connectivity index is 2.00. The van der Waals surface area contributed by atoms with E-state index in [1.807, 2.05) is 24.1 Å². The highest BCUT2D eigenvalue weighted by Gasteiger charge is 2.30. The van der Waals surface area contributed by atoms with Gasteiger partial charge in [0.1, 0.15) is 0 Å². The van der Waals surface area contributed by atoms with Crippen LogP contribution in [-0.4, -0.2) is 29.0 Å². The van der Waals surface area contributed by atoms with Crippen LogP contribution in [0.3, 0.4) is 0 Å². The van der Waals surface area contributed by atoms with Crippen LogP contribution in [0.2, 0.25) is 0 Å². The van der Waals surface area contributed by atoms with Gasteiger partial charge < -0.3 is 4.74 Å². The zero-order valence-electron chi connectivity index (χ0n) is 12.0. The van der Waals surface area contributed by atoms with Crippen molar-refractivity contribution in [3.05, 3.63) is 18.0 Å². The van der Waals surface area contributed by atoms with Crippen molar-refractivity contribution in [2.24, 2.45) is 18.8 Å². The van der Waals surface area contributed by atoms with E-state index in [1.54, 1.807) is 7.11 Å². The fourth-order valence-corrected chi connectivity index (χ4v) is 3.25. The summed E-state index contributed by atoms with van der Waals surface area (Å²) in [5.41, 5.74) is 4.14. The van der Waals surface area contributed by atoms with E-state index in [0.717, 1.165) is 6.42 Å². The van der Waals surface area contributed by atoms with Gasteiger partial charge in [-0.15, -0.1) is 0 Å². The van der Waals surface area contributed by atoms with Gasteiger partial charge in [0.25, 0.3) is 0 Å². The third kappa shape index (κ3) is 3.78. The largest absolute Gasteiger partial charge is 0.379 e. The molecule has 5 nitrogen and oxygen atoms in total. The SMILES string of the molecule is COC(C1CCCCC1)C(Cc1cnn(C)c1)NN. The van der Waals surface area contributed by atoms with Gasteiger partial charge in [-0.3, -0.25) is 16.0 Å². The standard InChI is InChI=1S/C14H26N4O/c1-18-10-11(9-16-18)8-13(17-15)14(19-2)12-6-4-3-5-7-12/h9-10,12-14,17H,3-8,15H2,1-2H3. The maximum Gasteiger partial charge on any atom is 0.0769 e. The van der Waals surface area contributed by atoms with Crippen LogP contribution in [0.4, 0.5) is 0 Å². The summed E-state index contributed by atoms with van der Waals surface area (Å²) >= 11 is 0. The van der Waals surface area contributed by atoms with Crippen molar-refractivity contribution in [3.8, 4) is 0 Å². The molecule has 1 saturated carbocycles. The Morgan fingerprint density at radius 1 is 1.47 bits per heavy atom. The van der Waals surface area contributed by atoms with Crippen molar-refractivity contribution in [1.29, 1.82) is 0 Å². The van der Waals surface area contributed by atoms with E-state index < -0.39 is 0 Å². The molecule has 1 heterocycles. The van der Waals surface area contributed by atoms with E-state index in [0.29, 0.717) is 5.92 Å². The van der Waals surface area contributed by atoms with E-state index in [9.17, 15) is 0 Å². The molecule has 2 unspecified atom stereocenters. The molecule has 0 aliphatic heterocycles. The number of nitrogens with two attached hydrogens (primary N) is 1. The van der Waals surface area contributed by atoms with Crippen LogP contribution in [-0.2, 0) is 18.2 Å². The molecule has 0 amide bonds. The average Bonchev–Trinajstić information content (AvgIpc) is 2.85. The van der Waals surface area contributed by atoms with Crippen molar-refractivity contribution >= 4 is 0 Å². The van der Waals surface area contributed by atoms with Crippen molar-refractivity contribution in [3.63, 3.8) is 0 Å². The Morgan fingerprint density at radius 3 is 2.74 bits per heavy atom. The summed E-state index contributed by atoms with van der Waals surface area (Å²) in [6.45, 7) is 0. The minimum atomic E-state index is 0.150. The minimum Gasteiger partial charge on any atom is -0.379 e. The molecule has 5 heteroatoms. The lowest BCUT2D eigenvalue weighted by Gasteiger charge is -2.34. The van der Waals surface area contributed by atoms with Crippen molar-refractivity contribution in [2.75, 3.05) is 7.11 Å². The maximum absolute atomic E-state index is 5.75. The third-order valence-corrected chi connectivity index (χ3v) is 4.21. The molecule has 1 aromatic rings. The lowest BCUT2D eigenvalue weighted by molar-refractivity contribution is 0.00827. The van der Waals surface area contributed by atoms with Crippen LogP contribution in [0.25, 0.3) is 0 Å². The second-order valence-corrected chi connectivity index (χ2v) is 5.60. The third-order valence-electron chi connectivity index (χ3n) is 4.21. The molecule has 1 aliphatic rings. The minimum absolute atomic E-state index is 0.150. The number of methoxy groups -OCH3 is 1. The molecule has 0 spiro atoms. The van der Waals surface area contributed by atoms with Gasteiger partial charge in [0.05, 0.1) is 18.3 Å². The molecule has 1 aliphatic carbocycles. The lowest BCUT2D eigenvalue weighted by atomic mass is 9.81. The first kappa shape index (κ1) is 14.5. The normalized spacial score (nSPS) is 20.4. The predicted octanol–water partition coefficient (Wildman–Crippen LogP) is 1.39. The number of aromatic nitrogens is 2. The molecule has 0 radical (unpaired) electrons. The molecule has 19 heavy (non-hydrogen) atoms. The summed E-state index contributed by atoms with van der Waals surface area (Å²) in [6, 6.07) is 0.150. The first-order chi connectivity index (χ1) is 9.24. The van der Waals surface area contributed by atoms with Crippen molar-refractivity contribution in [1.82, 2.24) is 15.2 Å². The molecule has 0 saturated heterocycles. The molecule has 2 atom stereocenters. The number of aryl methyl sites for hydroxylation is 1. The monoisotopic (exact) mass is 266 g/mol. The van der Waals surface area contributed by atoms with Crippen LogP contribution in [0.15, 0.2) is 12.4 Å². The molecule has 1 aromatic heterocycles. The topological polar surface area (TPSA) is 65.1 Å². The molecule has 3 N–H and O–H groups in total. The number of hydrogen-bond acceptors (Lipinski definition) is 4. The van der Waals surface area contributed by atoms with E-state index in [-0.39, 0.29) is 12.1 Å². The first-order valence-corrected chi connectivity index (χ1v) is 7.21. The quantitative estimate of drug-likeness (QED) is 0.603. The second kappa shape index (κ2) is 7.03. The van der Waals surface area contributed by atoms with Gasteiger partial charge in [-0.05, 0) is 30.7 Å². The van der Waals surface area contributed by atoms with Gasteiger partial charge in [-0.1, -0.05) is 19.3 Å². The van der Waals surface area contributed by atoms with Crippen LogP contribution < -0.4 is 11.3 Å². The van der Waals surface area contributed by atoms with Crippen molar-refractivity contribution < 1.29 is 4.74 Å². The smallest absolute Gasteiger partial charge is 0.0769 e. The first-order valence-electron chi connectivity index (χ1n) is 7.21. The van der Waals surface area contributed by atoms with Gasteiger partial charge in [0.15, 0.2) is 0 Å². The highest BCUT2D eigenvalue weighted by atomic mass is 16.5. The molecule has 108 valence electrons. The van der Waals surface area contributed by atoms with Crippen LogP contribution in [0.1, 0.15) is 37.7 Å². The fraction of sp³-hybridized carbons (Fsp3) is 0.786. The van der Waals surface area contributed by atoms with E-state index in [4.69, 9.17) is 10.6 Å². The average molecular weight is 266 g/mol. The van der Waals surface area contributed by atoms with Crippen LogP contribution in [0, 0.1) is 5.92 Å². The zero-order chi connectivity index (χ0) is 13.7. The number of hydrogen-bond donors (Lipinski definition) is 2. The summed E-state index contributed by atoms with van der Waals surface area (Å²) in [5, 5.41) is 4.21. The molecule has 2 rings (SSSR count). The number of nitrogens with zero attached hydrogens (tertiary/aromatic N) is 2. The van der Waals surface area contributed by atoms with Gasteiger partial charge in [-0.2, -0.15) is 5.10 Å². The highest BCUT2D eigenvalue weighted by Crippen LogP contribution is 2.29. The van der Waals surface area contributed by atoms with E-state index >= 15 is 0 Å².